The van der Waals surface area contributed by atoms with Crippen LogP contribution in [0.15, 0.2) is 24.3 Å². The van der Waals surface area contributed by atoms with Gasteiger partial charge in [-0.2, -0.15) is 0 Å². The highest BCUT2D eigenvalue weighted by Crippen LogP contribution is 2.28. The van der Waals surface area contributed by atoms with Gasteiger partial charge >= 0.3 is 0 Å². The van der Waals surface area contributed by atoms with Gasteiger partial charge in [0.1, 0.15) is 0 Å². The van der Waals surface area contributed by atoms with E-state index < -0.39 is 0 Å². The van der Waals surface area contributed by atoms with E-state index in [1.165, 1.54) is 37.7 Å². The van der Waals surface area contributed by atoms with Crippen LogP contribution in [0.5, 0.6) is 0 Å². The Morgan fingerprint density at radius 3 is 2.56 bits per heavy atom. The van der Waals surface area contributed by atoms with Crippen LogP contribution in [0.1, 0.15) is 57.6 Å². The lowest BCUT2D eigenvalue weighted by Gasteiger charge is -2.30. The van der Waals surface area contributed by atoms with Gasteiger partial charge in [0.2, 0.25) is 0 Å². The third-order valence-electron chi connectivity index (χ3n) is 4.22. The maximum Gasteiger partial charge on any atom is 0.0409 e. The second-order valence-electron chi connectivity index (χ2n) is 5.63. The molecule has 0 heterocycles. The molecule has 2 heteroatoms. The largest absolute Gasteiger partial charge is 0.307 e. The van der Waals surface area contributed by atoms with Crippen molar-refractivity contribution in [1.82, 2.24) is 5.32 Å². The molecule has 1 unspecified atom stereocenters. The van der Waals surface area contributed by atoms with Gasteiger partial charge in [0.05, 0.1) is 0 Å². The number of halogens is 1. The molecule has 0 aliphatic heterocycles. The second kappa shape index (κ2) is 6.58. The molecule has 2 rings (SSSR count). The van der Waals surface area contributed by atoms with Crippen molar-refractivity contribution in [3.05, 3.63) is 34.9 Å². The van der Waals surface area contributed by atoms with Crippen LogP contribution < -0.4 is 5.32 Å². The zero-order valence-electron chi connectivity index (χ0n) is 11.5. The summed E-state index contributed by atoms with van der Waals surface area (Å²) in [6, 6.07) is 9.15. The lowest BCUT2D eigenvalue weighted by atomic mass is 9.84. The molecule has 1 saturated carbocycles. The molecule has 0 aromatic heterocycles. The van der Waals surface area contributed by atoms with Crippen LogP contribution in [0.4, 0.5) is 0 Å². The molecule has 100 valence electrons. The molecule has 0 saturated heterocycles. The minimum atomic E-state index is 0.376. The average Bonchev–Trinajstić information content (AvgIpc) is 2.39. The standard InChI is InChI=1S/C16H24ClN/c1-12(14-7-4-3-5-8-14)18-13(2)15-9-6-10-16(17)11-15/h6,9-14,18H,3-5,7-8H2,1-2H3/t12-,13?/m1/s1. The SMILES string of the molecule is CC(N[C@H](C)C1CCCCC1)c1cccc(Cl)c1. The minimum absolute atomic E-state index is 0.376. The summed E-state index contributed by atoms with van der Waals surface area (Å²) in [6.45, 7) is 4.56. The second-order valence-corrected chi connectivity index (χ2v) is 6.07. The number of nitrogens with one attached hydrogen (secondary N) is 1. The summed E-state index contributed by atoms with van der Waals surface area (Å²) in [6.07, 6.45) is 7.00. The van der Waals surface area contributed by atoms with Crippen molar-refractivity contribution < 1.29 is 0 Å². The molecule has 0 spiro atoms. The highest BCUT2D eigenvalue weighted by molar-refractivity contribution is 6.30. The van der Waals surface area contributed by atoms with Gasteiger partial charge in [-0.15, -0.1) is 0 Å². The van der Waals surface area contributed by atoms with E-state index in [0.29, 0.717) is 12.1 Å². The summed E-state index contributed by atoms with van der Waals surface area (Å²) < 4.78 is 0. The molecule has 0 bridgehead atoms. The Hall–Kier alpha value is -0.530. The number of benzene rings is 1. The Balaban J connectivity index is 1.91. The number of rotatable bonds is 4. The van der Waals surface area contributed by atoms with Crippen molar-refractivity contribution in [1.29, 1.82) is 0 Å². The Morgan fingerprint density at radius 2 is 1.89 bits per heavy atom. The molecule has 1 nitrogen and oxygen atoms in total. The smallest absolute Gasteiger partial charge is 0.0409 e. The van der Waals surface area contributed by atoms with Gasteiger partial charge in [-0.05, 0) is 50.3 Å². The van der Waals surface area contributed by atoms with Crippen LogP contribution >= 0.6 is 11.6 Å². The van der Waals surface area contributed by atoms with Crippen LogP contribution in [-0.4, -0.2) is 6.04 Å². The summed E-state index contributed by atoms with van der Waals surface area (Å²) in [5, 5.41) is 4.56. The number of hydrogen-bond acceptors (Lipinski definition) is 1. The fraction of sp³-hybridized carbons (Fsp3) is 0.625. The summed E-state index contributed by atoms with van der Waals surface area (Å²) >= 11 is 6.05. The third kappa shape index (κ3) is 3.73. The van der Waals surface area contributed by atoms with E-state index >= 15 is 0 Å². The third-order valence-corrected chi connectivity index (χ3v) is 4.45. The van der Waals surface area contributed by atoms with Crippen LogP contribution in [0.3, 0.4) is 0 Å². The maximum absolute atomic E-state index is 6.05. The van der Waals surface area contributed by atoms with Crippen molar-refractivity contribution in [3.63, 3.8) is 0 Å². The Bertz CT molecular complexity index is 371. The highest BCUT2D eigenvalue weighted by Gasteiger charge is 2.21. The van der Waals surface area contributed by atoms with Gasteiger partial charge < -0.3 is 5.32 Å². The van der Waals surface area contributed by atoms with Crippen molar-refractivity contribution in [2.24, 2.45) is 5.92 Å². The summed E-state index contributed by atoms with van der Waals surface area (Å²) in [5.74, 6) is 0.848. The number of hydrogen-bond donors (Lipinski definition) is 1. The lowest BCUT2D eigenvalue weighted by molar-refractivity contribution is 0.268. The molecule has 1 aromatic carbocycles. The fourth-order valence-electron chi connectivity index (χ4n) is 3.04. The van der Waals surface area contributed by atoms with Crippen molar-refractivity contribution in [3.8, 4) is 0 Å². The van der Waals surface area contributed by atoms with E-state index in [2.05, 4.69) is 31.3 Å². The van der Waals surface area contributed by atoms with Crippen LogP contribution in [0, 0.1) is 5.92 Å². The zero-order valence-corrected chi connectivity index (χ0v) is 12.2. The first-order valence-electron chi connectivity index (χ1n) is 7.18. The monoisotopic (exact) mass is 265 g/mol. The Kier molecular flexibility index (Phi) is 5.08. The average molecular weight is 266 g/mol. The van der Waals surface area contributed by atoms with E-state index in [1.807, 2.05) is 12.1 Å². The molecule has 1 fully saturated rings. The first-order valence-corrected chi connectivity index (χ1v) is 7.56. The lowest BCUT2D eigenvalue weighted by Crippen LogP contribution is -2.36. The first-order chi connectivity index (χ1) is 8.66. The van der Waals surface area contributed by atoms with Crippen molar-refractivity contribution >= 4 is 11.6 Å². The highest BCUT2D eigenvalue weighted by atomic mass is 35.5. The molecule has 1 aliphatic rings. The van der Waals surface area contributed by atoms with Gasteiger partial charge in [-0.25, -0.2) is 0 Å². The predicted molar refractivity (Wildman–Crippen MR) is 79.0 cm³/mol. The van der Waals surface area contributed by atoms with Gasteiger partial charge in [0.25, 0.3) is 0 Å². The molecule has 1 N–H and O–H groups in total. The molecule has 1 aliphatic carbocycles. The summed E-state index contributed by atoms with van der Waals surface area (Å²) in [5.41, 5.74) is 1.28. The van der Waals surface area contributed by atoms with E-state index in [4.69, 9.17) is 11.6 Å². The zero-order chi connectivity index (χ0) is 13.0. The quantitative estimate of drug-likeness (QED) is 0.811. The van der Waals surface area contributed by atoms with Gasteiger partial charge in [0.15, 0.2) is 0 Å². The fourth-order valence-corrected chi connectivity index (χ4v) is 3.24. The van der Waals surface area contributed by atoms with Gasteiger partial charge in [-0.3, -0.25) is 0 Å². The van der Waals surface area contributed by atoms with Gasteiger partial charge in [0, 0.05) is 17.1 Å². The summed E-state index contributed by atoms with van der Waals surface area (Å²) in [4.78, 5) is 0. The molecular formula is C16H24ClN. The predicted octanol–water partition coefficient (Wildman–Crippen LogP) is 4.96. The maximum atomic E-state index is 6.05. The molecule has 0 amide bonds. The normalized spacial score (nSPS) is 20.6. The molecule has 0 radical (unpaired) electrons. The van der Waals surface area contributed by atoms with E-state index in [0.717, 1.165) is 10.9 Å². The molecule has 2 atom stereocenters. The Labute approximate surface area is 116 Å². The molecule has 18 heavy (non-hydrogen) atoms. The van der Waals surface area contributed by atoms with Gasteiger partial charge in [-0.1, -0.05) is 43.0 Å². The topological polar surface area (TPSA) is 12.0 Å². The first kappa shape index (κ1) is 13.9. The van der Waals surface area contributed by atoms with Crippen LogP contribution in [0.2, 0.25) is 5.02 Å². The molecule has 1 aromatic rings. The van der Waals surface area contributed by atoms with E-state index in [1.54, 1.807) is 0 Å². The van der Waals surface area contributed by atoms with Crippen molar-refractivity contribution in [2.45, 2.75) is 58.0 Å². The van der Waals surface area contributed by atoms with Crippen LogP contribution in [-0.2, 0) is 0 Å². The van der Waals surface area contributed by atoms with E-state index in [9.17, 15) is 0 Å². The van der Waals surface area contributed by atoms with E-state index in [-0.39, 0.29) is 0 Å². The summed E-state index contributed by atoms with van der Waals surface area (Å²) in [7, 11) is 0. The van der Waals surface area contributed by atoms with Crippen LogP contribution in [0.25, 0.3) is 0 Å². The minimum Gasteiger partial charge on any atom is -0.307 e. The van der Waals surface area contributed by atoms with Crippen molar-refractivity contribution in [2.75, 3.05) is 0 Å². The molecular weight excluding hydrogens is 242 g/mol. The Morgan fingerprint density at radius 1 is 1.17 bits per heavy atom.